The summed E-state index contributed by atoms with van der Waals surface area (Å²) in [6, 6.07) is 0. The minimum atomic E-state index is 0.628. The number of thiol groups is 2. The molecule has 0 bridgehead atoms. The fourth-order valence-electron chi connectivity index (χ4n) is 5.90. The number of thiocarbonyl (C=S) groups is 2. The van der Waals surface area contributed by atoms with Crippen LogP contribution >= 0.6 is 49.7 Å². The van der Waals surface area contributed by atoms with Crippen LogP contribution in [0.2, 0.25) is 0 Å². The molecule has 0 aromatic rings. The van der Waals surface area contributed by atoms with E-state index >= 15 is 0 Å². The van der Waals surface area contributed by atoms with Crippen LogP contribution in [-0.2, 0) is 0 Å². The number of hydrogen-bond acceptors (Lipinski definition) is 2. The quantitative estimate of drug-likeness (QED) is 0.0360. The normalized spacial score (nSPS) is 11.3. The Balaban J connectivity index is 3.04. The lowest BCUT2D eigenvalue weighted by molar-refractivity contribution is 0.512. The summed E-state index contributed by atoms with van der Waals surface area (Å²) in [5, 5.41) is 3.11. The molecule has 0 unspecified atom stereocenters. The average molecular weight is 646 g/mol. The Bertz CT molecular complexity index is 494. The predicted molar refractivity (Wildman–Crippen MR) is 204 cm³/mol. The Hall–Kier alpha value is 0.680. The summed E-state index contributed by atoms with van der Waals surface area (Å²) in [5.74, 6) is 0. The Morgan fingerprint density at radius 2 is 0.512 bits per heavy atom. The molecule has 0 saturated heterocycles. The highest BCUT2D eigenvalue weighted by molar-refractivity contribution is 8.11. The third-order valence-corrected chi connectivity index (χ3v) is 9.32. The summed E-state index contributed by atoms with van der Waals surface area (Å²) in [7, 11) is 0. The molecule has 41 heavy (non-hydrogen) atoms. The number of rotatable bonds is 35. The van der Waals surface area contributed by atoms with E-state index in [1.165, 1.54) is 205 Å². The molecule has 0 aliphatic rings. The second-order valence-electron chi connectivity index (χ2n) is 12.7. The molecule has 0 amide bonds. The zero-order valence-electron chi connectivity index (χ0n) is 27.3. The van der Waals surface area contributed by atoms with Crippen LogP contribution < -0.4 is 5.32 Å². The van der Waals surface area contributed by atoms with Crippen molar-refractivity contribution >= 4 is 58.2 Å². The summed E-state index contributed by atoms with van der Waals surface area (Å²) >= 11 is 18.2. The van der Waals surface area contributed by atoms with E-state index in [0.29, 0.717) is 4.32 Å². The van der Waals surface area contributed by atoms with Gasteiger partial charge in [0.1, 0.15) is 4.32 Å². The summed E-state index contributed by atoms with van der Waals surface area (Å²) in [6.07, 6.45) is 46.8. The van der Waals surface area contributed by atoms with Crippen molar-refractivity contribution < 1.29 is 0 Å². The van der Waals surface area contributed by atoms with Gasteiger partial charge in [-0.1, -0.05) is 217 Å². The molecule has 0 heterocycles. The Labute approximate surface area is 280 Å². The van der Waals surface area contributed by atoms with E-state index in [1.807, 2.05) is 0 Å². The first kappa shape index (κ1) is 41.7. The van der Waals surface area contributed by atoms with Crippen LogP contribution in [0.4, 0.5) is 0 Å². The van der Waals surface area contributed by atoms with Gasteiger partial charge in [-0.3, -0.25) is 0 Å². The third kappa shape index (κ3) is 40.7. The van der Waals surface area contributed by atoms with Gasteiger partial charge in [-0.05, 0) is 19.3 Å². The highest BCUT2D eigenvalue weighted by Gasteiger charge is 1.98. The van der Waals surface area contributed by atoms with Gasteiger partial charge in [0.05, 0.1) is 0 Å². The molecule has 244 valence electrons. The van der Waals surface area contributed by atoms with E-state index in [1.54, 1.807) is 0 Å². The lowest BCUT2D eigenvalue weighted by Crippen LogP contribution is -2.17. The van der Waals surface area contributed by atoms with Crippen molar-refractivity contribution in [1.82, 2.24) is 5.32 Å². The lowest BCUT2D eigenvalue weighted by Gasteiger charge is -2.05. The smallest absolute Gasteiger partial charge is 0.130 e. The molecule has 0 aromatic heterocycles. The molecule has 0 fully saturated rings. The second-order valence-corrected chi connectivity index (χ2v) is 15.2. The Morgan fingerprint density at radius 1 is 0.317 bits per heavy atom. The van der Waals surface area contributed by atoms with Gasteiger partial charge in [0.15, 0.2) is 0 Å². The molecule has 5 heteroatoms. The number of nitrogens with one attached hydrogen (secondary N) is 1. The summed E-state index contributed by atoms with van der Waals surface area (Å²) in [5.41, 5.74) is 0. The summed E-state index contributed by atoms with van der Waals surface area (Å²) in [4.78, 5) is 0. The largest absolute Gasteiger partial charge is 0.371 e. The van der Waals surface area contributed by atoms with E-state index in [2.05, 4.69) is 30.6 Å². The average Bonchev–Trinajstić information content (AvgIpc) is 2.94. The van der Waals surface area contributed by atoms with E-state index < -0.39 is 0 Å². The van der Waals surface area contributed by atoms with Gasteiger partial charge in [0.2, 0.25) is 0 Å². The fourth-order valence-corrected chi connectivity index (χ4v) is 6.42. The van der Waals surface area contributed by atoms with Crippen molar-refractivity contribution in [2.45, 2.75) is 212 Å². The van der Waals surface area contributed by atoms with Crippen LogP contribution in [0.15, 0.2) is 0 Å². The molecule has 0 aliphatic carbocycles. The molecule has 1 nitrogen and oxygen atoms in total. The van der Waals surface area contributed by atoms with E-state index in [0.717, 1.165) is 17.2 Å². The topological polar surface area (TPSA) is 12.0 Å². The first-order chi connectivity index (χ1) is 20.1. The van der Waals surface area contributed by atoms with Crippen molar-refractivity contribution in [1.29, 1.82) is 0 Å². The van der Waals surface area contributed by atoms with E-state index in [4.69, 9.17) is 24.4 Å². The maximum atomic E-state index is 5.01. The minimum absolute atomic E-state index is 0.628. The van der Waals surface area contributed by atoms with E-state index in [9.17, 15) is 0 Å². The zero-order chi connectivity index (χ0) is 29.9. The fraction of sp³-hybridized carbons (Fsp3) is 0.944. The molecule has 0 rings (SSSR count). The van der Waals surface area contributed by atoms with Crippen molar-refractivity contribution in [3.63, 3.8) is 0 Å². The molecular weight excluding hydrogens is 575 g/mol. The van der Waals surface area contributed by atoms with Gasteiger partial charge in [0, 0.05) is 10.7 Å². The zero-order valence-corrected chi connectivity index (χ0v) is 30.7. The lowest BCUT2D eigenvalue weighted by atomic mass is 10.0. The first-order valence-electron chi connectivity index (χ1n) is 18.3. The van der Waals surface area contributed by atoms with Crippen molar-refractivity contribution in [2.75, 3.05) is 6.54 Å². The van der Waals surface area contributed by atoms with Crippen molar-refractivity contribution in [3.05, 3.63) is 0 Å². The highest BCUT2D eigenvalue weighted by Crippen LogP contribution is 2.17. The van der Waals surface area contributed by atoms with Crippen molar-refractivity contribution in [2.24, 2.45) is 0 Å². The molecule has 0 radical (unpaired) electrons. The van der Waals surface area contributed by atoms with Crippen LogP contribution in [0, 0.1) is 0 Å². The van der Waals surface area contributed by atoms with E-state index in [-0.39, 0.29) is 0 Å². The maximum absolute atomic E-state index is 5.01. The summed E-state index contributed by atoms with van der Waals surface area (Å²) in [6.45, 7) is 0.985. The SMILES string of the molecule is S=C(S)CCCCCCCCCCCCCCCCCCCCCCCCCCCCCCCCCCNC(=S)S. The number of unbranched alkanes of at least 4 members (excludes halogenated alkanes) is 31. The van der Waals surface area contributed by atoms with Crippen LogP contribution in [-0.4, -0.2) is 15.1 Å². The Kier molecular flexibility index (Phi) is 37.5. The first-order valence-corrected chi connectivity index (χ1v) is 20.0. The number of hydrogen-bond donors (Lipinski definition) is 3. The van der Waals surface area contributed by atoms with Gasteiger partial charge in [-0.15, -0.1) is 25.3 Å². The molecule has 0 spiro atoms. The van der Waals surface area contributed by atoms with Crippen molar-refractivity contribution in [3.8, 4) is 0 Å². The molecule has 0 aliphatic heterocycles. The van der Waals surface area contributed by atoms with Gasteiger partial charge in [0.25, 0.3) is 0 Å². The molecular formula is C36H71NS4. The van der Waals surface area contributed by atoms with Gasteiger partial charge < -0.3 is 5.32 Å². The van der Waals surface area contributed by atoms with Crippen LogP contribution in [0.3, 0.4) is 0 Å². The van der Waals surface area contributed by atoms with Crippen LogP contribution in [0.1, 0.15) is 212 Å². The minimum Gasteiger partial charge on any atom is -0.371 e. The van der Waals surface area contributed by atoms with Crippen LogP contribution in [0.25, 0.3) is 0 Å². The monoisotopic (exact) mass is 645 g/mol. The van der Waals surface area contributed by atoms with Gasteiger partial charge >= 0.3 is 0 Å². The second kappa shape index (κ2) is 36.9. The molecule has 0 aromatic carbocycles. The van der Waals surface area contributed by atoms with Gasteiger partial charge in [-0.25, -0.2) is 0 Å². The standard InChI is InChI=1S/C36H71NS4/c38-35(39)33-31-29-27-25-23-21-19-17-15-13-11-9-7-5-3-1-2-4-6-8-10-12-14-16-18-20-22-24-26-28-30-32-34-37-36(40)41/h1-34H2,(H,38,39)(H2,37,40,41). The Morgan fingerprint density at radius 3 is 0.707 bits per heavy atom. The van der Waals surface area contributed by atoms with Gasteiger partial charge in [-0.2, -0.15) is 0 Å². The summed E-state index contributed by atoms with van der Waals surface area (Å²) < 4.78 is 1.51. The van der Waals surface area contributed by atoms with Crippen LogP contribution in [0.5, 0.6) is 0 Å². The molecule has 0 saturated carbocycles. The molecule has 1 N–H and O–H groups in total. The predicted octanol–water partition coefficient (Wildman–Crippen LogP) is 13.9. The maximum Gasteiger partial charge on any atom is 0.130 e. The molecule has 0 atom stereocenters. The highest BCUT2D eigenvalue weighted by atomic mass is 32.1. The third-order valence-electron chi connectivity index (χ3n) is 8.59.